The number of nitrogens with one attached hydrogen (secondary N) is 1. The van der Waals surface area contributed by atoms with Gasteiger partial charge in [0.15, 0.2) is 6.29 Å². The molecule has 1 aromatic heterocycles. The van der Waals surface area contributed by atoms with E-state index in [9.17, 15) is 23.1 Å². The highest BCUT2D eigenvalue weighted by atomic mass is 32.2. The zero-order chi connectivity index (χ0) is 21.6. The molecule has 0 aliphatic carbocycles. The number of amides is 1. The summed E-state index contributed by atoms with van der Waals surface area (Å²) in [4.78, 5) is 17.2. The number of nitrogens with zero attached hydrogens (tertiary/aromatic N) is 1. The monoisotopic (exact) mass is 448 g/mol. The van der Waals surface area contributed by atoms with Gasteiger partial charge < -0.3 is 19.9 Å². The number of hydrogen-bond donors (Lipinski definition) is 2. The molecule has 0 radical (unpaired) electrons. The quantitative estimate of drug-likeness (QED) is 0.332. The van der Waals surface area contributed by atoms with Crippen molar-refractivity contribution >= 4 is 35.1 Å². The van der Waals surface area contributed by atoms with Gasteiger partial charge in [0.25, 0.3) is 5.91 Å². The fourth-order valence-corrected chi connectivity index (χ4v) is 3.78. The standard InChI is InChI=1S/C18H19F3N2O4S2/c1-4-28-14-7-10(17(26-2)27-3)9-22-15(14)16(25)23-12-8-11(5-6-13(12)24)29-18(19,20)21/h5-9,17,24H,4H2,1-3H3,(H,23,25). The molecule has 2 rings (SSSR count). The lowest BCUT2D eigenvalue weighted by atomic mass is 10.2. The van der Waals surface area contributed by atoms with Crippen LogP contribution in [0.15, 0.2) is 40.3 Å². The first-order valence-corrected chi connectivity index (χ1v) is 10.1. The molecule has 2 aromatic rings. The number of halogens is 3. The van der Waals surface area contributed by atoms with E-state index in [1.807, 2.05) is 6.92 Å². The van der Waals surface area contributed by atoms with Crippen molar-refractivity contribution in [3.63, 3.8) is 0 Å². The Kier molecular flexibility index (Phi) is 8.20. The van der Waals surface area contributed by atoms with Crippen LogP contribution >= 0.6 is 23.5 Å². The molecule has 0 fully saturated rings. The second kappa shape index (κ2) is 10.2. The van der Waals surface area contributed by atoms with Gasteiger partial charge >= 0.3 is 5.51 Å². The van der Waals surface area contributed by atoms with Crippen molar-refractivity contribution in [1.29, 1.82) is 0 Å². The predicted molar refractivity (Wildman–Crippen MR) is 105 cm³/mol. The number of pyridine rings is 1. The van der Waals surface area contributed by atoms with Crippen molar-refractivity contribution in [2.45, 2.75) is 28.5 Å². The zero-order valence-corrected chi connectivity index (χ0v) is 17.4. The number of hydrogen-bond acceptors (Lipinski definition) is 7. The highest BCUT2D eigenvalue weighted by Gasteiger charge is 2.29. The number of rotatable bonds is 8. The molecule has 0 aliphatic heterocycles. The summed E-state index contributed by atoms with van der Waals surface area (Å²) in [6.45, 7) is 1.90. The maximum absolute atomic E-state index is 12.7. The van der Waals surface area contributed by atoms with Crippen LogP contribution in [-0.2, 0) is 9.47 Å². The summed E-state index contributed by atoms with van der Waals surface area (Å²) in [6.07, 6.45) is 0.762. The average molecular weight is 448 g/mol. The fraction of sp³-hybridized carbons (Fsp3) is 0.333. The molecule has 1 heterocycles. The molecule has 1 amide bonds. The van der Waals surface area contributed by atoms with E-state index in [0.29, 0.717) is 16.2 Å². The van der Waals surface area contributed by atoms with Crippen LogP contribution in [0.3, 0.4) is 0 Å². The minimum atomic E-state index is -4.49. The first-order chi connectivity index (χ1) is 13.7. The molecule has 0 bridgehead atoms. The van der Waals surface area contributed by atoms with Crippen molar-refractivity contribution in [3.05, 3.63) is 41.7 Å². The second-order valence-electron chi connectivity index (χ2n) is 5.53. The number of thioether (sulfide) groups is 2. The van der Waals surface area contributed by atoms with Gasteiger partial charge in [-0.15, -0.1) is 11.8 Å². The van der Waals surface area contributed by atoms with Crippen molar-refractivity contribution in [2.24, 2.45) is 0 Å². The summed E-state index contributed by atoms with van der Waals surface area (Å²) in [7, 11) is 2.94. The third kappa shape index (κ3) is 6.53. The van der Waals surface area contributed by atoms with Crippen molar-refractivity contribution < 1.29 is 32.5 Å². The highest BCUT2D eigenvalue weighted by molar-refractivity contribution is 8.00. The van der Waals surface area contributed by atoms with Crippen molar-refractivity contribution in [3.8, 4) is 5.75 Å². The van der Waals surface area contributed by atoms with E-state index in [1.165, 1.54) is 32.2 Å². The number of alkyl halides is 3. The first kappa shape index (κ1) is 23.3. The summed E-state index contributed by atoms with van der Waals surface area (Å²) in [5.41, 5.74) is -3.96. The SMILES string of the molecule is CCSc1cc(C(OC)OC)cnc1C(=O)Nc1cc(SC(F)(F)F)ccc1O. The molecule has 6 nitrogen and oxygen atoms in total. The van der Waals surface area contributed by atoms with Crippen LogP contribution in [0.5, 0.6) is 5.75 Å². The van der Waals surface area contributed by atoms with E-state index in [1.54, 1.807) is 6.07 Å². The lowest BCUT2D eigenvalue weighted by molar-refractivity contribution is -0.106. The van der Waals surface area contributed by atoms with Gasteiger partial charge in [0.05, 0.1) is 5.69 Å². The normalized spacial score (nSPS) is 11.7. The minimum absolute atomic E-state index is 0.0693. The lowest BCUT2D eigenvalue weighted by Gasteiger charge is -2.16. The molecule has 0 saturated heterocycles. The fourth-order valence-electron chi connectivity index (χ4n) is 2.39. The van der Waals surface area contributed by atoms with E-state index >= 15 is 0 Å². The Bertz CT molecular complexity index is 861. The van der Waals surface area contributed by atoms with Crippen LogP contribution in [0.25, 0.3) is 0 Å². The number of aromatic nitrogens is 1. The molecule has 2 N–H and O–H groups in total. The molecule has 11 heteroatoms. The number of phenolic OH excluding ortho intramolecular Hbond substituents is 1. The number of carbonyl (C=O) groups is 1. The number of carbonyl (C=O) groups excluding carboxylic acids is 1. The highest BCUT2D eigenvalue weighted by Crippen LogP contribution is 2.39. The number of phenols is 1. The van der Waals surface area contributed by atoms with Crippen LogP contribution in [0.4, 0.5) is 18.9 Å². The van der Waals surface area contributed by atoms with E-state index < -0.39 is 17.7 Å². The Morgan fingerprint density at radius 3 is 2.55 bits per heavy atom. The molecule has 0 spiro atoms. The summed E-state index contributed by atoms with van der Waals surface area (Å²) in [5.74, 6) is -0.368. The number of benzene rings is 1. The Hall–Kier alpha value is -1.95. The number of anilines is 1. The van der Waals surface area contributed by atoms with E-state index in [4.69, 9.17) is 9.47 Å². The molecule has 29 heavy (non-hydrogen) atoms. The third-order valence-electron chi connectivity index (χ3n) is 3.54. The molecular weight excluding hydrogens is 429 g/mol. The first-order valence-electron chi connectivity index (χ1n) is 8.27. The Balaban J connectivity index is 2.31. The van der Waals surface area contributed by atoms with Gasteiger partial charge in [-0.3, -0.25) is 4.79 Å². The average Bonchev–Trinajstić information content (AvgIpc) is 2.65. The van der Waals surface area contributed by atoms with Crippen LogP contribution in [0, 0.1) is 0 Å². The van der Waals surface area contributed by atoms with Crippen molar-refractivity contribution in [2.75, 3.05) is 25.3 Å². The summed E-state index contributed by atoms with van der Waals surface area (Å²) >= 11 is 1.02. The lowest BCUT2D eigenvalue weighted by Crippen LogP contribution is -2.16. The molecule has 0 aliphatic rings. The molecule has 1 aromatic carbocycles. The van der Waals surface area contributed by atoms with Crippen LogP contribution in [-0.4, -0.2) is 41.5 Å². The summed E-state index contributed by atoms with van der Waals surface area (Å²) in [5, 5.41) is 12.3. The molecule has 0 saturated carbocycles. The number of methoxy groups -OCH3 is 2. The Morgan fingerprint density at radius 1 is 1.28 bits per heavy atom. The van der Waals surface area contributed by atoms with E-state index in [0.717, 1.165) is 18.2 Å². The Labute approximate surface area is 174 Å². The minimum Gasteiger partial charge on any atom is -0.506 e. The Morgan fingerprint density at radius 2 is 1.97 bits per heavy atom. The molecule has 158 valence electrons. The van der Waals surface area contributed by atoms with Crippen molar-refractivity contribution in [1.82, 2.24) is 4.98 Å². The molecular formula is C18H19F3N2O4S2. The summed E-state index contributed by atoms with van der Waals surface area (Å²) in [6, 6.07) is 4.95. The van der Waals surface area contributed by atoms with E-state index in [2.05, 4.69) is 10.3 Å². The van der Waals surface area contributed by atoms with Crippen LogP contribution < -0.4 is 5.32 Å². The molecule has 0 atom stereocenters. The van der Waals surface area contributed by atoms with Crippen LogP contribution in [0.2, 0.25) is 0 Å². The number of aromatic hydroxyl groups is 1. The maximum atomic E-state index is 12.7. The topological polar surface area (TPSA) is 80.7 Å². The summed E-state index contributed by atoms with van der Waals surface area (Å²) < 4.78 is 48.1. The second-order valence-corrected chi connectivity index (χ2v) is 7.98. The smallest absolute Gasteiger partial charge is 0.446 e. The largest absolute Gasteiger partial charge is 0.506 e. The van der Waals surface area contributed by atoms with E-state index in [-0.39, 0.29) is 33.8 Å². The number of ether oxygens (including phenoxy) is 2. The third-order valence-corrected chi connectivity index (χ3v) is 5.17. The van der Waals surface area contributed by atoms with Gasteiger partial charge in [0.1, 0.15) is 11.4 Å². The zero-order valence-electron chi connectivity index (χ0n) is 15.7. The van der Waals surface area contributed by atoms with Gasteiger partial charge in [0, 0.05) is 35.8 Å². The van der Waals surface area contributed by atoms with Gasteiger partial charge in [-0.2, -0.15) is 13.2 Å². The van der Waals surface area contributed by atoms with Gasteiger partial charge in [0.2, 0.25) is 0 Å². The van der Waals surface area contributed by atoms with Gasteiger partial charge in [-0.25, -0.2) is 4.98 Å². The van der Waals surface area contributed by atoms with Crippen LogP contribution in [0.1, 0.15) is 29.3 Å². The van der Waals surface area contributed by atoms with Gasteiger partial charge in [-0.05, 0) is 41.8 Å². The predicted octanol–water partition coefficient (Wildman–Crippen LogP) is 5.05. The van der Waals surface area contributed by atoms with Gasteiger partial charge in [-0.1, -0.05) is 6.92 Å². The maximum Gasteiger partial charge on any atom is 0.446 e. The molecule has 0 unspecified atom stereocenters.